The fourth-order valence-corrected chi connectivity index (χ4v) is 2.42. The SMILES string of the molecule is O=C(Nc1ccc(I)cc1C(=O)O)c1cc(Cl)ncc1Cl. The van der Waals surface area contributed by atoms with E-state index in [2.05, 4.69) is 10.3 Å². The summed E-state index contributed by atoms with van der Waals surface area (Å²) in [5, 5.41) is 11.9. The van der Waals surface area contributed by atoms with Gasteiger partial charge in [0.05, 0.1) is 21.8 Å². The normalized spacial score (nSPS) is 10.2. The van der Waals surface area contributed by atoms with Crippen LogP contribution >= 0.6 is 45.8 Å². The summed E-state index contributed by atoms with van der Waals surface area (Å²) in [5.41, 5.74) is 0.287. The fraction of sp³-hybridized carbons (Fsp3) is 0. The van der Waals surface area contributed by atoms with Gasteiger partial charge in [0.15, 0.2) is 0 Å². The Kier molecular flexibility index (Phi) is 5.02. The molecule has 0 bridgehead atoms. The van der Waals surface area contributed by atoms with Crippen molar-refractivity contribution < 1.29 is 14.7 Å². The van der Waals surface area contributed by atoms with Crippen LogP contribution in [-0.2, 0) is 0 Å². The number of pyridine rings is 1. The van der Waals surface area contributed by atoms with E-state index in [-0.39, 0.29) is 27.0 Å². The Morgan fingerprint density at radius 1 is 1.19 bits per heavy atom. The van der Waals surface area contributed by atoms with Gasteiger partial charge in [-0.2, -0.15) is 0 Å². The van der Waals surface area contributed by atoms with Gasteiger partial charge >= 0.3 is 5.97 Å². The van der Waals surface area contributed by atoms with Crippen molar-refractivity contribution in [3.8, 4) is 0 Å². The lowest BCUT2D eigenvalue weighted by atomic mass is 10.1. The lowest BCUT2D eigenvalue weighted by molar-refractivity contribution is 0.0698. The third-order valence-electron chi connectivity index (χ3n) is 2.53. The maximum absolute atomic E-state index is 12.2. The number of carboxylic acid groups (broad SMARTS) is 1. The second-order valence-electron chi connectivity index (χ2n) is 3.94. The Balaban J connectivity index is 2.36. The lowest BCUT2D eigenvalue weighted by Crippen LogP contribution is -2.15. The van der Waals surface area contributed by atoms with Gasteiger partial charge in [-0.3, -0.25) is 4.79 Å². The molecule has 0 atom stereocenters. The topological polar surface area (TPSA) is 79.3 Å². The average Bonchev–Trinajstić information content (AvgIpc) is 2.43. The predicted molar refractivity (Wildman–Crippen MR) is 88.3 cm³/mol. The Morgan fingerprint density at radius 3 is 2.57 bits per heavy atom. The highest BCUT2D eigenvalue weighted by atomic mass is 127. The van der Waals surface area contributed by atoms with Gasteiger partial charge in [0.25, 0.3) is 5.91 Å². The molecule has 0 aliphatic heterocycles. The van der Waals surface area contributed by atoms with E-state index < -0.39 is 11.9 Å². The van der Waals surface area contributed by atoms with E-state index in [4.69, 9.17) is 28.3 Å². The van der Waals surface area contributed by atoms with Crippen LogP contribution < -0.4 is 5.32 Å². The molecule has 0 aliphatic carbocycles. The first-order chi connectivity index (χ1) is 9.88. The molecule has 5 nitrogen and oxygen atoms in total. The third kappa shape index (κ3) is 3.84. The van der Waals surface area contributed by atoms with Crippen LogP contribution in [0, 0.1) is 3.57 Å². The number of hydrogen-bond acceptors (Lipinski definition) is 3. The highest BCUT2D eigenvalue weighted by Crippen LogP contribution is 2.23. The monoisotopic (exact) mass is 436 g/mol. The number of carbonyl (C=O) groups excluding carboxylic acids is 1. The molecule has 0 radical (unpaired) electrons. The molecule has 108 valence electrons. The summed E-state index contributed by atoms with van der Waals surface area (Å²) >= 11 is 13.6. The van der Waals surface area contributed by atoms with E-state index in [0.29, 0.717) is 0 Å². The third-order valence-corrected chi connectivity index (χ3v) is 3.71. The Bertz CT molecular complexity index is 737. The van der Waals surface area contributed by atoms with Gasteiger partial charge in [-0.05, 0) is 46.9 Å². The van der Waals surface area contributed by atoms with Crippen molar-refractivity contribution in [2.45, 2.75) is 0 Å². The molecule has 0 unspecified atom stereocenters. The van der Waals surface area contributed by atoms with Gasteiger partial charge in [0.2, 0.25) is 0 Å². The minimum Gasteiger partial charge on any atom is -0.478 e. The number of carboxylic acids is 1. The highest BCUT2D eigenvalue weighted by molar-refractivity contribution is 14.1. The number of aromatic carboxylic acids is 1. The molecule has 1 aromatic heterocycles. The molecule has 0 fully saturated rings. The number of aromatic nitrogens is 1. The Labute approximate surface area is 143 Å². The number of amides is 1. The first-order valence-electron chi connectivity index (χ1n) is 5.53. The van der Waals surface area contributed by atoms with Crippen LogP contribution in [0.5, 0.6) is 0 Å². The summed E-state index contributed by atoms with van der Waals surface area (Å²) in [4.78, 5) is 27.1. The van der Waals surface area contributed by atoms with Crippen molar-refractivity contribution in [3.05, 3.63) is 55.3 Å². The number of rotatable bonds is 3. The van der Waals surface area contributed by atoms with E-state index in [1.807, 2.05) is 22.6 Å². The number of halogens is 3. The first-order valence-corrected chi connectivity index (χ1v) is 7.37. The second-order valence-corrected chi connectivity index (χ2v) is 5.98. The van der Waals surface area contributed by atoms with Crippen LogP contribution in [-0.4, -0.2) is 22.0 Å². The average molecular weight is 437 g/mol. The highest BCUT2D eigenvalue weighted by Gasteiger charge is 2.16. The zero-order valence-corrected chi connectivity index (χ0v) is 13.9. The summed E-state index contributed by atoms with van der Waals surface area (Å²) in [5.74, 6) is -1.70. The summed E-state index contributed by atoms with van der Waals surface area (Å²) in [6.07, 6.45) is 1.25. The van der Waals surface area contributed by atoms with Gasteiger partial charge in [0, 0.05) is 9.77 Å². The van der Waals surface area contributed by atoms with Crippen molar-refractivity contribution in [1.82, 2.24) is 4.98 Å². The number of hydrogen-bond donors (Lipinski definition) is 2. The molecule has 0 aliphatic rings. The molecule has 2 N–H and O–H groups in total. The number of carbonyl (C=O) groups is 2. The quantitative estimate of drug-likeness (QED) is 0.564. The fourth-order valence-electron chi connectivity index (χ4n) is 1.58. The zero-order valence-electron chi connectivity index (χ0n) is 10.2. The van der Waals surface area contributed by atoms with Crippen molar-refractivity contribution in [2.24, 2.45) is 0 Å². The summed E-state index contributed by atoms with van der Waals surface area (Å²) in [6.45, 7) is 0. The molecule has 8 heteroatoms. The molecule has 2 rings (SSSR count). The molecule has 1 amide bonds. The second kappa shape index (κ2) is 6.59. The van der Waals surface area contributed by atoms with Crippen molar-refractivity contribution in [1.29, 1.82) is 0 Å². The molecular formula is C13H7Cl2IN2O3. The van der Waals surface area contributed by atoms with Crippen LogP contribution in [0.3, 0.4) is 0 Å². The lowest BCUT2D eigenvalue weighted by Gasteiger charge is -2.10. The van der Waals surface area contributed by atoms with Gasteiger partial charge in [0.1, 0.15) is 5.15 Å². The van der Waals surface area contributed by atoms with Crippen LogP contribution in [0.25, 0.3) is 0 Å². The molecule has 21 heavy (non-hydrogen) atoms. The maximum Gasteiger partial charge on any atom is 0.337 e. The molecule has 0 saturated carbocycles. The minimum absolute atomic E-state index is 0.00785. The number of benzene rings is 1. The van der Waals surface area contributed by atoms with E-state index in [1.54, 1.807) is 6.07 Å². The van der Waals surface area contributed by atoms with Crippen molar-refractivity contribution in [2.75, 3.05) is 5.32 Å². The number of nitrogens with zero attached hydrogens (tertiary/aromatic N) is 1. The number of anilines is 1. The minimum atomic E-state index is -1.14. The molecule has 1 heterocycles. The van der Waals surface area contributed by atoms with Crippen LogP contribution in [0.4, 0.5) is 5.69 Å². The van der Waals surface area contributed by atoms with Crippen LogP contribution in [0.1, 0.15) is 20.7 Å². The van der Waals surface area contributed by atoms with E-state index in [0.717, 1.165) is 3.57 Å². The summed E-state index contributed by atoms with van der Waals surface area (Å²) < 4.78 is 0.744. The molecular weight excluding hydrogens is 430 g/mol. The Hall–Kier alpha value is -1.38. The Morgan fingerprint density at radius 2 is 1.90 bits per heavy atom. The standard InChI is InChI=1S/C13H7Cl2IN2O3/c14-9-5-17-11(15)4-7(9)12(19)18-10-2-1-6(16)3-8(10)13(20)21/h1-5H,(H,18,19)(H,20,21). The maximum atomic E-state index is 12.2. The largest absolute Gasteiger partial charge is 0.478 e. The van der Waals surface area contributed by atoms with Crippen molar-refractivity contribution >= 4 is 63.4 Å². The van der Waals surface area contributed by atoms with Gasteiger partial charge in [-0.1, -0.05) is 23.2 Å². The van der Waals surface area contributed by atoms with Gasteiger partial charge in [-0.15, -0.1) is 0 Å². The van der Waals surface area contributed by atoms with Crippen LogP contribution in [0.2, 0.25) is 10.2 Å². The first kappa shape index (κ1) is 16.0. The van der Waals surface area contributed by atoms with E-state index in [1.165, 1.54) is 24.4 Å². The smallest absolute Gasteiger partial charge is 0.337 e. The van der Waals surface area contributed by atoms with Crippen LogP contribution in [0.15, 0.2) is 30.5 Å². The molecule has 0 saturated heterocycles. The van der Waals surface area contributed by atoms with Gasteiger partial charge in [-0.25, -0.2) is 9.78 Å². The van der Waals surface area contributed by atoms with E-state index in [9.17, 15) is 9.59 Å². The summed E-state index contributed by atoms with van der Waals surface area (Å²) in [7, 11) is 0. The molecule has 2 aromatic rings. The zero-order chi connectivity index (χ0) is 15.6. The van der Waals surface area contributed by atoms with Gasteiger partial charge < -0.3 is 10.4 Å². The predicted octanol–water partition coefficient (Wildman–Crippen LogP) is 3.94. The van der Waals surface area contributed by atoms with Crippen molar-refractivity contribution in [3.63, 3.8) is 0 Å². The van der Waals surface area contributed by atoms with E-state index >= 15 is 0 Å². The molecule has 1 aromatic carbocycles. The molecule has 0 spiro atoms. The summed E-state index contributed by atoms with van der Waals surface area (Å²) in [6, 6.07) is 5.97. The number of nitrogens with one attached hydrogen (secondary N) is 1.